The average molecular weight is 399 g/mol. The second kappa shape index (κ2) is 7.48. The molecule has 0 radical (unpaired) electrons. The molecule has 2 aliphatic rings. The molecule has 0 aliphatic carbocycles. The number of carbonyl (C=O) groups is 1. The highest BCUT2D eigenvalue weighted by molar-refractivity contribution is 5.89. The first-order valence-corrected chi connectivity index (χ1v) is 10.5. The molecule has 5 heteroatoms. The summed E-state index contributed by atoms with van der Waals surface area (Å²) in [6.07, 6.45) is 1.01. The fourth-order valence-electron chi connectivity index (χ4n) is 4.88. The van der Waals surface area contributed by atoms with Crippen LogP contribution in [0.1, 0.15) is 23.6 Å². The van der Waals surface area contributed by atoms with Crippen LogP contribution in [-0.4, -0.2) is 28.6 Å². The number of rotatable bonds is 2. The van der Waals surface area contributed by atoms with Gasteiger partial charge in [0.1, 0.15) is 0 Å². The molecule has 2 amide bonds. The zero-order valence-electron chi connectivity index (χ0n) is 17.0. The predicted molar refractivity (Wildman–Crippen MR) is 119 cm³/mol. The molecule has 30 heavy (non-hydrogen) atoms. The Kier molecular flexibility index (Phi) is 4.66. The molecule has 2 aliphatic heterocycles. The number of hydrogen-bond acceptors (Lipinski definition) is 2. The Morgan fingerprint density at radius 2 is 1.70 bits per heavy atom. The summed E-state index contributed by atoms with van der Waals surface area (Å²) in [6, 6.07) is 21.6. The van der Waals surface area contributed by atoms with E-state index >= 15 is 0 Å². The van der Waals surface area contributed by atoms with Gasteiger partial charge >= 0.3 is 6.03 Å². The van der Waals surface area contributed by atoms with Crippen LogP contribution >= 0.6 is 0 Å². The second-order valence-electron chi connectivity index (χ2n) is 8.45. The van der Waals surface area contributed by atoms with Gasteiger partial charge in [0.25, 0.3) is 5.56 Å². The summed E-state index contributed by atoms with van der Waals surface area (Å²) in [6.45, 7) is 3.99. The molecule has 5 nitrogen and oxygen atoms in total. The lowest BCUT2D eigenvalue weighted by atomic mass is 9.80. The van der Waals surface area contributed by atoms with Crippen LogP contribution in [0.15, 0.2) is 71.5 Å². The number of urea groups is 1. The fourth-order valence-corrected chi connectivity index (χ4v) is 4.88. The molecular weight excluding hydrogens is 374 g/mol. The van der Waals surface area contributed by atoms with Crippen molar-refractivity contribution in [3.05, 3.63) is 88.3 Å². The molecule has 0 unspecified atom stereocenters. The van der Waals surface area contributed by atoms with E-state index in [0.717, 1.165) is 34.5 Å². The van der Waals surface area contributed by atoms with E-state index in [4.69, 9.17) is 0 Å². The van der Waals surface area contributed by atoms with Crippen LogP contribution in [0.25, 0.3) is 11.1 Å². The standard InChI is InChI=1S/C25H25N3O2/c1-17-7-9-21(10-8-17)26-25(30)27-14-18-13-20(16-27)24-22(19-5-3-2-4-6-19)11-12-23(29)28(24)15-18/h2-12,18,20H,13-16H2,1H3,(H,26,30)/t18-,20-/m1/s1. The van der Waals surface area contributed by atoms with Crippen LogP contribution in [-0.2, 0) is 6.54 Å². The number of pyridine rings is 1. The van der Waals surface area contributed by atoms with Crippen LogP contribution in [0.5, 0.6) is 0 Å². The van der Waals surface area contributed by atoms with Crippen molar-refractivity contribution in [2.24, 2.45) is 5.92 Å². The molecule has 2 bridgehead atoms. The number of amides is 2. The lowest BCUT2D eigenvalue weighted by Crippen LogP contribution is -2.50. The Morgan fingerprint density at radius 3 is 2.47 bits per heavy atom. The number of nitrogens with one attached hydrogen (secondary N) is 1. The van der Waals surface area contributed by atoms with Gasteiger partial charge in [-0.3, -0.25) is 4.79 Å². The van der Waals surface area contributed by atoms with Crippen LogP contribution < -0.4 is 10.9 Å². The summed E-state index contributed by atoms with van der Waals surface area (Å²) >= 11 is 0. The van der Waals surface area contributed by atoms with Crippen LogP contribution in [0.4, 0.5) is 10.5 Å². The maximum absolute atomic E-state index is 13.0. The summed E-state index contributed by atoms with van der Waals surface area (Å²) in [5, 5.41) is 3.03. The Morgan fingerprint density at radius 1 is 0.933 bits per heavy atom. The van der Waals surface area contributed by atoms with Gasteiger partial charge in [-0.1, -0.05) is 48.0 Å². The van der Waals surface area contributed by atoms with Crippen molar-refractivity contribution < 1.29 is 4.79 Å². The largest absolute Gasteiger partial charge is 0.324 e. The minimum absolute atomic E-state index is 0.0527. The van der Waals surface area contributed by atoms with Gasteiger partial charge in [-0.15, -0.1) is 0 Å². The maximum atomic E-state index is 13.0. The number of carbonyl (C=O) groups excluding carboxylic acids is 1. The zero-order chi connectivity index (χ0) is 20.7. The van der Waals surface area contributed by atoms with E-state index in [1.807, 2.05) is 64.9 Å². The van der Waals surface area contributed by atoms with Crippen molar-refractivity contribution in [3.63, 3.8) is 0 Å². The minimum Gasteiger partial charge on any atom is -0.324 e. The van der Waals surface area contributed by atoms with Gasteiger partial charge in [0, 0.05) is 48.6 Å². The number of aromatic nitrogens is 1. The lowest BCUT2D eigenvalue weighted by molar-refractivity contribution is 0.140. The van der Waals surface area contributed by atoms with Crippen molar-refractivity contribution in [1.29, 1.82) is 0 Å². The van der Waals surface area contributed by atoms with Crippen molar-refractivity contribution in [2.75, 3.05) is 18.4 Å². The van der Waals surface area contributed by atoms with Gasteiger partial charge in [-0.2, -0.15) is 0 Å². The maximum Gasteiger partial charge on any atom is 0.321 e. The van der Waals surface area contributed by atoms with Gasteiger partial charge in [-0.05, 0) is 43.0 Å². The normalized spacial score (nSPS) is 19.8. The number of hydrogen-bond donors (Lipinski definition) is 1. The fraction of sp³-hybridized carbons (Fsp3) is 0.280. The van der Waals surface area contributed by atoms with E-state index in [0.29, 0.717) is 25.6 Å². The molecule has 1 saturated heterocycles. The van der Waals surface area contributed by atoms with Crippen molar-refractivity contribution in [1.82, 2.24) is 9.47 Å². The highest BCUT2D eigenvalue weighted by atomic mass is 16.2. The van der Waals surface area contributed by atoms with Gasteiger partial charge in [0.2, 0.25) is 0 Å². The second-order valence-corrected chi connectivity index (χ2v) is 8.45. The molecule has 1 aromatic heterocycles. The number of fused-ring (bicyclic) bond motifs is 4. The Bertz CT molecular complexity index is 1140. The van der Waals surface area contributed by atoms with Crippen LogP contribution in [0.3, 0.4) is 0 Å². The first-order chi connectivity index (χ1) is 14.6. The Labute approximate surface area is 176 Å². The predicted octanol–water partition coefficient (Wildman–Crippen LogP) is 4.47. The van der Waals surface area contributed by atoms with Gasteiger partial charge < -0.3 is 14.8 Å². The Balaban J connectivity index is 1.45. The molecule has 2 atom stereocenters. The van der Waals surface area contributed by atoms with E-state index < -0.39 is 0 Å². The number of likely N-dealkylation sites (tertiary alicyclic amines) is 1. The van der Waals surface area contributed by atoms with Gasteiger partial charge in [-0.25, -0.2) is 4.79 Å². The van der Waals surface area contributed by atoms with E-state index in [1.54, 1.807) is 6.07 Å². The highest BCUT2D eigenvalue weighted by Crippen LogP contribution is 2.39. The molecule has 0 spiro atoms. The summed E-state index contributed by atoms with van der Waals surface area (Å²) in [4.78, 5) is 27.5. The summed E-state index contributed by atoms with van der Waals surface area (Å²) in [5.41, 5.74) is 5.30. The molecule has 0 saturated carbocycles. The molecule has 1 fully saturated rings. The first kappa shape index (κ1) is 18.7. The van der Waals surface area contributed by atoms with E-state index in [-0.39, 0.29) is 17.5 Å². The first-order valence-electron chi connectivity index (χ1n) is 10.5. The van der Waals surface area contributed by atoms with Gasteiger partial charge in [0.15, 0.2) is 0 Å². The minimum atomic E-state index is -0.0680. The van der Waals surface area contributed by atoms with E-state index in [1.165, 1.54) is 0 Å². The monoisotopic (exact) mass is 399 g/mol. The van der Waals surface area contributed by atoms with Crippen LogP contribution in [0.2, 0.25) is 0 Å². The number of piperidine rings is 1. The van der Waals surface area contributed by atoms with Crippen molar-refractivity contribution in [3.8, 4) is 11.1 Å². The SMILES string of the molecule is Cc1ccc(NC(=O)N2C[C@H]3C[C@H](C2)c2c(-c4ccccc4)ccc(=O)n2C3)cc1. The van der Waals surface area contributed by atoms with Gasteiger partial charge in [0.05, 0.1) is 0 Å². The number of aryl methyl sites for hydroxylation is 1. The van der Waals surface area contributed by atoms with Crippen LogP contribution in [0, 0.1) is 12.8 Å². The third kappa shape index (κ3) is 3.41. The quantitative estimate of drug-likeness (QED) is 0.691. The zero-order valence-corrected chi connectivity index (χ0v) is 17.0. The number of nitrogens with zero attached hydrogens (tertiary/aromatic N) is 2. The van der Waals surface area contributed by atoms with E-state index in [2.05, 4.69) is 17.4 Å². The number of anilines is 1. The topological polar surface area (TPSA) is 54.3 Å². The molecule has 1 N–H and O–H groups in total. The molecule has 3 heterocycles. The smallest absolute Gasteiger partial charge is 0.321 e. The third-order valence-corrected chi connectivity index (χ3v) is 6.26. The van der Waals surface area contributed by atoms with E-state index in [9.17, 15) is 9.59 Å². The highest BCUT2D eigenvalue weighted by Gasteiger charge is 2.37. The molecule has 5 rings (SSSR count). The summed E-state index contributed by atoms with van der Waals surface area (Å²) in [7, 11) is 0. The lowest BCUT2D eigenvalue weighted by Gasteiger charge is -2.43. The number of benzene rings is 2. The Hall–Kier alpha value is -3.34. The molecule has 2 aromatic carbocycles. The van der Waals surface area contributed by atoms with Crippen molar-refractivity contribution >= 4 is 11.7 Å². The molecular formula is C25H25N3O2. The average Bonchev–Trinajstić information content (AvgIpc) is 2.76. The summed E-state index contributed by atoms with van der Waals surface area (Å²) < 4.78 is 1.94. The third-order valence-electron chi connectivity index (χ3n) is 6.26. The summed E-state index contributed by atoms with van der Waals surface area (Å²) in [5.74, 6) is 0.453. The van der Waals surface area contributed by atoms with Crippen molar-refractivity contribution in [2.45, 2.75) is 25.8 Å². The molecule has 152 valence electrons. The molecule has 3 aromatic rings.